The molecular weight excluding hydrogens is 222 g/mol. The molecule has 0 aromatic carbocycles. The largest absolute Gasteiger partial charge is 0.317 e. The van der Waals surface area contributed by atoms with Crippen LogP contribution in [0.2, 0.25) is 0 Å². The lowest BCUT2D eigenvalue weighted by Crippen LogP contribution is -2.29. The normalized spacial score (nSPS) is 23.3. The molecule has 3 nitrogen and oxygen atoms in total. The lowest BCUT2D eigenvalue weighted by molar-refractivity contribution is 0.367. The van der Waals surface area contributed by atoms with E-state index < -0.39 is 0 Å². The molecule has 1 aromatic rings. The van der Waals surface area contributed by atoms with Crippen molar-refractivity contribution >= 4 is 0 Å². The predicted octanol–water partition coefficient (Wildman–Crippen LogP) is 3.00. The van der Waals surface area contributed by atoms with E-state index in [0.717, 1.165) is 11.8 Å². The summed E-state index contributed by atoms with van der Waals surface area (Å²) in [5, 5.41) is 11.0. The van der Waals surface area contributed by atoms with Crippen molar-refractivity contribution < 1.29 is 0 Å². The van der Waals surface area contributed by atoms with E-state index >= 15 is 0 Å². The second-order valence-electron chi connectivity index (χ2n) is 6.04. The number of piperidine rings is 1. The van der Waals surface area contributed by atoms with E-state index in [-0.39, 0.29) is 0 Å². The smallest absolute Gasteiger partial charge is 0.0524 e. The quantitative estimate of drug-likeness (QED) is 0.862. The predicted molar refractivity (Wildman–Crippen MR) is 73.7 cm³/mol. The van der Waals surface area contributed by atoms with Gasteiger partial charge in [0.2, 0.25) is 0 Å². The van der Waals surface area contributed by atoms with Gasteiger partial charge in [0.05, 0.1) is 6.20 Å². The highest BCUT2D eigenvalue weighted by Crippen LogP contribution is 2.34. The Morgan fingerprint density at radius 1 is 1.06 bits per heavy atom. The number of hydrogen-bond acceptors (Lipinski definition) is 2. The Hall–Kier alpha value is -0.830. The van der Waals surface area contributed by atoms with E-state index in [4.69, 9.17) is 0 Å². The first kappa shape index (κ1) is 12.2. The molecule has 1 saturated heterocycles. The molecule has 0 radical (unpaired) electrons. The first-order chi connectivity index (χ1) is 8.93. The second-order valence-corrected chi connectivity index (χ2v) is 6.04. The zero-order chi connectivity index (χ0) is 12.2. The fraction of sp³-hybridized carbons (Fsp3) is 0.800. The molecule has 1 aliphatic heterocycles. The van der Waals surface area contributed by atoms with Crippen LogP contribution in [-0.4, -0.2) is 23.3 Å². The zero-order valence-electron chi connectivity index (χ0n) is 11.3. The number of aromatic nitrogens is 2. The van der Waals surface area contributed by atoms with Gasteiger partial charge in [-0.25, -0.2) is 0 Å². The van der Waals surface area contributed by atoms with E-state index in [2.05, 4.69) is 21.7 Å². The molecular formula is C15H25N3. The molecule has 18 heavy (non-hydrogen) atoms. The minimum absolute atomic E-state index is 0.786. The Labute approximate surface area is 110 Å². The van der Waals surface area contributed by atoms with Crippen LogP contribution in [0, 0.1) is 5.92 Å². The SMILES string of the molecule is c1n[nH]c(CC2CCNCC2)c1C1CCCCC1. The maximum Gasteiger partial charge on any atom is 0.0524 e. The standard InChI is InChI=1S/C15H25N3/c1-2-4-13(5-3-1)14-11-17-18-15(14)10-12-6-8-16-9-7-12/h11-13,16H,1-10H2,(H,17,18). The van der Waals surface area contributed by atoms with Crippen molar-refractivity contribution in [3.8, 4) is 0 Å². The third-order valence-corrected chi connectivity index (χ3v) is 4.75. The van der Waals surface area contributed by atoms with Crippen molar-refractivity contribution in [2.45, 2.75) is 57.3 Å². The Balaban J connectivity index is 1.66. The van der Waals surface area contributed by atoms with Gasteiger partial charge in [0, 0.05) is 5.69 Å². The second kappa shape index (κ2) is 5.87. The molecule has 100 valence electrons. The van der Waals surface area contributed by atoms with Crippen molar-refractivity contribution in [2.75, 3.05) is 13.1 Å². The third kappa shape index (κ3) is 2.77. The van der Waals surface area contributed by atoms with Crippen molar-refractivity contribution in [2.24, 2.45) is 5.92 Å². The van der Waals surface area contributed by atoms with E-state index in [1.807, 2.05) is 0 Å². The van der Waals surface area contributed by atoms with Crippen molar-refractivity contribution in [1.29, 1.82) is 0 Å². The Kier molecular flexibility index (Phi) is 3.99. The summed E-state index contributed by atoms with van der Waals surface area (Å²) in [6.45, 7) is 2.38. The number of nitrogens with zero attached hydrogens (tertiary/aromatic N) is 1. The van der Waals surface area contributed by atoms with E-state index in [9.17, 15) is 0 Å². The molecule has 3 heteroatoms. The molecule has 1 saturated carbocycles. The van der Waals surface area contributed by atoms with Gasteiger partial charge in [-0.2, -0.15) is 5.10 Å². The number of aromatic amines is 1. The summed E-state index contributed by atoms with van der Waals surface area (Å²) in [5.74, 6) is 1.64. The molecule has 2 heterocycles. The highest BCUT2D eigenvalue weighted by atomic mass is 15.1. The van der Waals surface area contributed by atoms with Crippen molar-refractivity contribution in [3.63, 3.8) is 0 Å². The molecule has 0 spiro atoms. The van der Waals surface area contributed by atoms with Crippen LogP contribution in [0.1, 0.15) is 62.1 Å². The average Bonchev–Trinajstić information content (AvgIpc) is 2.89. The number of hydrogen-bond donors (Lipinski definition) is 2. The van der Waals surface area contributed by atoms with Gasteiger partial charge in [-0.3, -0.25) is 5.10 Å². The van der Waals surface area contributed by atoms with Gasteiger partial charge in [0.1, 0.15) is 0 Å². The van der Waals surface area contributed by atoms with Gasteiger partial charge >= 0.3 is 0 Å². The molecule has 0 bridgehead atoms. The fourth-order valence-corrected chi connectivity index (χ4v) is 3.63. The van der Waals surface area contributed by atoms with Crippen molar-refractivity contribution in [1.82, 2.24) is 15.5 Å². The topological polar surface area (TPSA) is 40.7 Å². The Morgan fingerprint density at radius 3 is 2.61 bits per heavy atom. The maximum absolute atomic E-state index is 4.32. The van der Waals surface area contributed by atoms with Crippen LogP contribution < -0.4 is 5.32 Å². The van der Waals surface area contributed by atoms with Gasteiger partial charge in [0.25, 0.3) is 0 Å². The maximum atomic E-state index is 4.32. The summed E-state index contributed by atoms with van der Waals surface area (Å²) in [7, 11) is 0. The van der Waals surface area contributed by atoms with Gasteiger partial charge in [-0.15, -0.1) is 0 Å². The summed E-state index contributed by atoms with van der Waals surface area (Å²) in [6, 6.07) is 0. The van der Waals surface area contributed by atoms with E-state index in [0.29, 0.717) is 0 Å². The molecule has 1 aliphatic carbocycles. The fourth-order valence-electron chi connectivity index (χ4n) is 3.63. The van der Waals surface area contributed by atoms with Gasteiger partial charge in [0.15, 0.2) is 0 Å². The first-order valence-corrected chi connectivity index (χ1v) is 7.66. The summed E-state index contributed by atoms with van der Waals surface area (Å²) in [5.41, 5.74) is 2.97. The van der Waals surface area contributed by atoms with E-state index in [1.165, 1.54) is 75.7 Å². The molecule has 2 aliphatic rings. The highest BCUT2D eigenvalue weighted by Gasteiger charge is 2.22. The first-order valence-electron chi connectivity index (χ1n) is 7.66. The van der Waals surface area contributed by atoms with Crippen LogP contribution >= 0.6 is 0 Å². The van der Waals surface area contributed by atoms with Crippen LogP contribution in [0.4, 0.5) is 0 Å². The third-order valence-electron chi connectivity index (χ3n) is 4.75. The molecule has 1 aromatic heterocycles. The van der Waals surface area contributed by atoms with Gasteiger partial charge in [-0.1, -0.05) is 19.3 Å². The Morgan fingerprint density at radius 2 is 1.83 bits per heavy atom. The zero-order valence-corrected chi connectivity index (χ0v) is 11.3. The molecule has 0 amide bonds. The minimum Gasteiger partial charge on any atom is -0.317 e. The molecule has 2 fully saturated rings. The monoisotopic (exact) mass is 247 g/mol. The highest BCUT2D eigenvalue weighted by molar-refractivity contribution is 5.22. The summed E-state index contributed by atoms with van der Waals surface area (Å²) >= 11 is 0. The molecule has 3 rings (SSSR count). The number of rotatable bonds is 3. The molecule has 0 atom stereocenters. The summed E-state index contributed by atoms with van der Waals surface area (Å²) in [4.78, 5) is 0. The number of nitrogens with one attached hydrogen (secondary N) is 2. The van der Waals surface area contributed by atoms with Gasteiger partial charge < -0.3 is 5.32 Å². The van der Waals surface area contributed by atoms with E-state index in [1.54, 1.807) is 0 Å². The van der Waals surface area contributed by atoms with Crippen LogP contribution in [0.5, 0.6) is 0 Å². The summed E-state index contributed by atoms with van der Waals surface area (Å²) < 4.78 is 0. The lowest BCUT2D eigenvalue weighted by atomic mass is 9.82. The average molecular weight is 247 g/mol. The lowest BCUT2D eigenvalue weighted by Gasteiger charge is -2.25. The van der Waals surface area contributed by atoms with Crippen LogP contribution in [0.3, 0.4) is 0 Å². The van der Waals surface area contributed by atoms with Crippen LogP contribution in [0.15, 0.2) is 6.20 Å². The molecule has 0 unspecified atom stereocenters. The Bertz CT molecular complexity index is 360. The van der Waals surface area contributed by atoms with Gasteiger partial charge in [-0.05, 0) is 62.6 Å². The summed E-state index contributed by atoms with van der Waals surface area (Å²) in [6.07, 6.45) is 13.0. The minimum atomic E-state index is 0.786. The van der Waals surface area contributed by atoms with Crippen LogP contribution in [0.25, 0.3) is 0 Å². The number of H-pyrrole nitrogens is 1. The van der Waals surface area contributed by atoms with Crippen LogP contribution in [-0.2, 0) is 6.42 Å². The van der Waals surface area contributed by atoms with Crippen molar-refractivity contribution in [3.05, 3.63) is 17.5 Å². The molecule has 2 N–H and O–H groups in total.